The molecule has 3 rings (SSSR count). The Labute approximate surface area is 145 Å². The number of methoxy groups -OCH3 is 1. The van der Waals surface area contributed by atoms with Crippen LogP contribution in [0, 0.1) is 5.92 Å². The maximum absolute atomic E-state index is 9.59. The van der Waals surface area contributed by atoms with Crippen LogP contribution < -0.4 is 0 Å². The van der Waals surface area contributed by atoms with Gasteiger partial charge < -0.3 is 14.6 Å². The second-order valence-corrected chi connectivity index (χ2v) is 7.88. The topological polar surface area (TPSA) is 38.7 Å². The highest BCUT2D eigenvalue weighted by Gasteiger charge is 2.36. The van der Waals surface area contributed by atoms with E-state index in [1.807, 2.05) is 0 Å². The van der Waals surface area contributed by atoms with Crippen molar-refractivity contribution < 1.29 is 14.6 Å². The van der Waals surface area contributed by atoms with Crippen molar-refractivity contribution in [2.24, 2.45) is 5.92 Å². The van der Waals surface area contributed by atoms with E-state index in [-0.39, 0.29) is 11.5 Å². The lowest BCUT2D eigenvalue weighted by Crippen LogP contribution is -2.30. The Morgan fingerprint density at radius 1 is 1.29 bits per heavy atom. The lowest BCUT2D eigenvalue weighted by molar-refractivity contribution is -0.0334. The molecule has 3 heteroatoms. The third-order valence-corrected chi connectivity index (χ3v) is 5.66. The molecule has 0 heterocycles. The zero-order valence-electron chi connectivity index (χ0n) is 15.6. The van der Waals surface area contributed by atoms with E-state index in [0.717, 1.165) is 25.0 Å². The molecule has 0 radical (unpaired) electrons. The molecule has 0 aliphatic heterocycles. The number of rotatable bonds is 4. The largest absolute Gasteiger partial charge is 0.501 e. The summed E-state index contributed by atoms with van der Waals surface area (Å²) in [7, 11) is 1.76. The summed E-state index contributed by atoms with van der Waals surface area (Å²) in [6, 6.07) is 4.51. The summed E-state index contributed by atoms with van der Waals surface area (Å²) in [5, 5.41) is 9.59. The van der Waals surface area contributed by atoms with Crippen molar-refractivity contribution in [3.05, 3.63) is 46.2 Å². The highest BCUT2D eigenvalue weighted by atomic mass is 16.5. The summed E-state index contributed by atoms with van der Waals surface area (Å²) < 4.78 is 11.7. The Morgan fingerprint density at radius 3 is 2.71 bits per heavy atom. The van der Waals surface area contributed by atoms with Crippen LogP contribution in [0.25, 0.3) is 0 Å². The normalized spacial score (nSPS) is 26.2. The van der Waals surface area contributed by atoms with Gasteiger partial charge in [0.05, 0.1) is 25.9 Å². The van der Waals surface area contributed by atoms with Crippen molar-refractivity contribution in [3.8, 4) is 0 Å². The molecule has 1 aromatic rings. The van der Waals surface area contributed by atoms with Crippen molar-refractivity contribution in [3.63, 3.8) is 0 Å². The van der Waals surface area contributed by atoms with E-state index in [2.05, 4.69) is 39.0 Å². The number of hydrogen-bond acceptors (Lipinski definition) is 3. The molecule has 2 aliphatic carbocycles. The number of allylic oxidation sites excluding steroid dienone is 2. The molecule has 3 unspecified atom stereocenters. The first kappa shape index (κ1) is 17.5. The number of ether oxygens (including phenoxy) is 2. The molecule has 3 nitrogen and oxygen atoms in total. The third-order valence-electron chi connectivity index (χ3n) is 5.66. The lowest BCUT2D eigenvalue weighted by atomic mass is 9.70. The van der Waals surface area contributed by atoms with Crippen molar-refractivity contribution in [2.45, 2.75) is 64.6 Å². The van der Waals surface area contributed by atoms with E-state index in [4.69, 9.17) is 9.47 Å². The molecule has 0 amide bonds. The fourth-order valence-corrected chi connectivity index (χ4v) is 4.34. The number of fused-ring (bicyclic) bond motifs is 3. The van der Waals surface area contributed by atoms with Crippen LogP contribution in [-0.2, 0) is 27.7 Å². The van der Waals surface area contributed by atoms with Gasteiger partial charge >= 0.3 is 0 Å². The summed E-state index contributed by atoms with van der Waals surface area (Å²) in [5.41, 5.74) is 5.52. The minimum absolute atomic E-state index is 0.0869. The predicted octanol–water partition coefficient (Wildman–Crippen LogP) is 4.07. The SMILES string of the molecule is COC1=CCc2c(ccc3c2CCC(C)C3OCC(C)O)C1(C)C. The average Bonchev–Trinajstić information content (AvgIpc) is 2.53. The summed E-state index contributed by atoms with van der Waals surface area (Å²) in [4.78, 5) is 0. The van der Waals surface area contributed by atoms with E-state index in [1.165, 1.54) is 22.3 Å². The van der Waals surface area contributed by atoms with Crippen molar-refractivity contribution in [2.75, 3.05) is 13.7 Å². The molecule has 1 N–H and O–H groups in total. The molecule has 24 heavy (non-hydrogen) atoms. The third kappa shape index (κ3) is 2.89. The Morgan fingerprint density at radius 2 is 2.04 bits per heavy atom. The Balaban J connectivity index is 2.01. The monoisotopic (exact) mass is 330 g/mol. The Hall–Kier alpha value is -1.32. The van der Waals surface area contributed by atoms with Gasteiger partial charge in [-0.25, -0.2) is 0 Å². The minimum Gasteiger partial charge on any atom is -0.501 e. The van der Waals surface area contributed by atoms with Gasteiger partial charge in [0.1, 0.15) is 5.76 Å². The fraction of sp³-hybridized carbons (Fsp3) is 0.619. The molecule has 0 bridgehead atoms. The fourth-order valence-electron chi connectivity index (χ4n) is 4.34. The van der Waals surface area contributed by atoms with Crippen LogP contribution >= 0.6 is 0 Å². The summed E-state index contributed by atoms with van der Waals surface area (Å²) in [5.74, 6) is 1.54. The first-order valence-electron chi connectivity index (χ1n) is 9.05. The van der Waals surface area contributed by atoms with Gasteiger partial charge in [0.2, 0.25) is 0 Å². The molecule has 0 saturated carbocycles. The minimum atomic E-state index is -0.425. The number of aliphatic hydroxyl groups is 1. The van der Waals surface area contributed by atoms with Crippen molar-refractivity contribution in [1.82, 2.24) is 0 Å². The van der Waals surface area contributed by atoms with Crippen molar-refractivity contribution >= 4 is 0 Å². The first-order chi connectivity index (χ1) is 11.4. The van der Waals surface area contributed by atoms with Gasteiger partial charge in [-0.1, -0.05) is 19.1 Å². The first-order valence-corrected chi connectivity index (χ1v) is 9.05. The average molecular weight is 330 g/mol. The van der Waals surface area contributed by atoms with E-state index < -0.39 is 6.10 Å². The van der Waals surface area contributed by atoms with Crippen molar-refractivity contribution in [1.29, 1.82) is 0 Å². The number of benzene rings is 1. The van der Waals surface area contributed by atoms with Crippen LogP contribution in [-0.4, -0.2) is 24.9 Å². The van der Waals surface area contributed by atoms with Crippen LogP contribution in [0.5, 0.6) is 0 Å². The predicted molar refractivity (Wildman–Crippen MR) is 96.1 cm³/mol. The summed E-state index contributed by atoms with van der Waals surface area (Å²) in [6.45, 7) is 8.90. The molecular weight excluding hydrogens is 300 g/mol. The van der Waals surface area contributed by atoms with E-state index in [0.29, 0.717) is 12.5 Å². The zero-order chi connectivity index (χ0) is 17.5. The molecule has 0 saturated heterocycles. The number of aliphatic hydroxyl groups excluding tert-OH is 1. The maximum atomic E-state index is 9.59. The maximum Gasteiger partial charge on any atom is 0.102 e. The van der Waals surface area contributed by atoms with Gasteiger partial charge in [0.25, 0.3) is 0 Å². The van der Waals surface area contributed by atoms with E-state index in [9.17, 15) is 5.11 Å². The van der Waals surface area contributed by atoms with Crippen LogP contribution in [0.4, 0.5) is 0 Å². The van der Waals surface area contributed by atoms with Gasteiger partial charge in [0.15, 0.2) is 0 Å². The van der Waals surface area contributed by atoms with Crippen LogP contribution in [0.3, 0.4) is 0 Å². The van der Waals surface area contributed by atoms with E-state index >= 15 is 0 Å². The molecule has 1 aromatic carbocycles. The Bertz CT molecular complexity index is 643. The molecule has 3 atom stereocenters. The van der Waals surface area contributed by atoms with Gasteiger partial charge in [-0.2, -0.15) is 0 Å². The van der Waals surface area contributed by atoms with E-state index in [1.54, 1.807) is 14.0 Å². The molecule has 0 fully saturated rings. The summed E-state index contributed by atoms with van der Waals surface area (Å²) >= 11 is 0. The second kappa shape index (κ2) is 6.53. The number of hydrogen-bond donors (Lipinski definition) is 1. The quantitative estimate of drug-likeness (QED) is 0.904. The van der Waals surface area contributed by atoms with Crippen LogP contribution in [0.1, 0.15) is 62.5 Å². The highest BCUT2D eigenvalue weighted by Crippen LogP contribution is 2.45. The molecule has 0 aromatic heterocycles. The standard InChI is InChI=1S/C21H30O3/c1-13-6-7-15-16-9-11-19(23-5)21(3,4)18(16)10-8-17(15)20(13)24-12-14(2)22/h8,10-11,13-14,20,22H,6-7,9,12H2,1-5H3. The second-order valence-electron chi connectivity index (χ2n) is 7.88. The molecule has 2 aliphatic rings. The van der Waals surface area contributed by atoms with Gasteiger partial charge in [-0.05, 0) is 74.3 Å². The van der Waals surface area contributed by atoms with Crippen LogP contribution in [0.2, 0.25) is 0 Å². The molecule has 132 valence electrons. The van der Waals surface area contributed by atoms with Gasteiger partial charge in [0, 0.05) is 5.41 Å². The lowest BCUT2D eigenvalue weighted by Gasteiger charge is -2.38. The van der Waals surface area contributed by atoms with Gasteiger partial charge in [-0.15, -0.1) is 0 Å². The smallest absolute Gasteiger partial charge is 0.102 e. The molecular formula is C21H30O3. The Kier molecular flexibility index (Phi) is 4.76. The zero-order valence-corrected chi connectivity index (χ0v) is 15.6. The van der Waals surface area contributed by atoms with Crippen LogP contribution in [0.15, 0.2) is 24.0 Å². The molecule has 0 spiro atoms. The summed E-state index contributed by atoms with van der Waals surface area (Å²) in [6.07, 6.45) is 5.07. The highest BCUT2D eigenvalue weighted by molar-refractivity contribution is 5.52. The van der Waals surface area contributed by atoms with Gasteiger partial charge in [-0.3, -0.25) is 0 Å².